The molecule has 1 aromatic rings. The van der Waals surface area contributed by atoms with Crippen LogP contribution in [0.25, 0.3) is 0 Å². The summed E-state index contributed by atoms with van der Waals surface area (Å²) in [5.41, 5.74) is 5.65. The van der Waals surface area contributed by atoms with Crippen LogP contribution in [0.15, 0.2) is 18.2 Å². The molecule has 3 rings (SSSR count). The number of nitro benzene ring substituents is 1. The highest BCUT2D eigenvalue weighted by Gasteiger charge is 2.49. The van der Waals surface area contributed by atoms with Gasteiger partial charge in [-0.05, 0) is 37.2 Å². The third-order valence-electron chi connectivity index (χ3n) is 4.70. The number of hydrogen-bond acceptors (Lipinski definition) is 4. The molecule has 2 fully saturated rings. The maximum absolute atomic E-state index is 13.3. The number of carbonyl (C=O) groups excluding carboxylic acids is 1. The van der Waals surface area contributed by atoms with Gasteiger partial charge >= 0.3 is 0 Å². The first-order valence-corrected chi connectivity index (χ1v) is 6.97. The van der Waals surface area contributed by atoms with E-state index in [1.54, 1.807) is 0 Å². The predicted molar refractivity (Wildman–Crippen MR) is 74.0 cm³/mol. The lowest BCUT2D eigenvalue weighted by Gasteiger charge is -2.26. The van der Waals surface area contributed by atoms with Crippen LogP contribution in [-0.4, -0.2) is 16.9 Å². The second-order valence-corrected chi connectivity index (χ2v) is 5.84. The van der Waals surface area contributed by atoms with Crippen LogP contribution in [0.4, 0.5) is 15.8 Å². The molecule has 2 saturated carbocycles. The summed E-state index contributed by atoms with van der Waals surface area (Å²) in [5.74, 6) is -0.728. The molecule has 0 heterocycles. The minimum atomic E-state index is -0.643. The third kappa shape index (κ3) is 2.37. The van der Waals surface area contributed by atoms with Crippen LogP contribution >= 0.6 is 0 Å². The summed E-state index contributed by atoms with van der Waals surface area (Å²) in [5, 5.41) is 13.4. The number of nitrogens with two attached hydrogens (primary N) is 1. The van der Waals surface area contributed by atoms with Gasteiger partial charge in [-0.2, -0.15) is 0 Å². The maximum atomic E-state index is 13.3. The predicted octanol–water partition coefficient (Wildman–Crippen LogP) is 2.05. The van der Waals surface area contributed by atoms with Crippen LogP contribution in [0.1, 0.15) is 19.3 Å². The van der Waals surface area contributed by atoms with Gasteiger partial charge in [-0.15, -0.1) is 0 Å². The smallest absolute Gasteiger partial charge is 0.292 e. The van der Waals surface area contributed by atoms with Gasteiger partial charge in [0.2, 0.25) is 5.91 Å². The third-order valence-corrected chi connectivity index (χ3v) is 4.70. The van der Waals surface area contributed by atoms with Gasteiger partial charge in [0, 0.05) is 18.2 Å². The molecule has 3 N–H and O–H groups in total. The molecular weight excluding hydrogens is 277 g/mol. The van der Waals surface area contributed by atoms with E-state index in [4.69, 9.17) is 5.73 Å². The minimum Gasteiger partial charge on any atom is -0.327 e. The first kappa shape index (κ1) is 13.9. The second-order valence-electron chi connectivity index (χ2n) is 5.84. The van der Waals surface area contributed by atoms with Crippen molar-refractivity contribution in [1.82, 2.24) is 0 Å². The first-order valence-electron chi connectivity index (χ1n) is 6.97. The Kier molecular flexibility index (Phi) is 3.36. The van der Waals surface area contributed by atoms with Crippen LogP contribution in [0.2, 0.25) is 0 Å². The second kappa shape index (κ2) is 5.07. The van der Waals surface area contributed by atoms with Crippen LogP contribution in [0.3, 0.4) is 0 Å². The molecule has 112 valence electrons. The molecule has 2 bridgehead atoms. The quantitative estimate of drug-likeness (QED) is 0.658. The zero-order valence-corrected chi connectivity index (χ0v) is 11.3. The summed E-state index contributed by atoms with van der Waals surface area (Å²) in [4.78, 5) is 22.7. The molecule has 21 heavy (non-hydrogen) atoms. The zero-order valence-electron chi connectivity index (χ0n) is 11.3. The van der Waals surface area contributed by atoms with Gasteiger partial charge in [0.25, 0.3) is 5.69 Å². The van der Waals surface area contributed by atoms with Gasteiger partial charge in [-0.1, -0.05) is 0 Å². The lowest BCUT2D eigenvalue weighted by Crippen LogP contribution is -2.42. The number of anilines is 1. The summed E-state index contributed by atoms with van der Waals surface area (Å²) < 4.78 is 13.3. The Bertz CT molecular complexity index is 605. The van der Waals surface area contributed by atoms with Crippen molar-refractivity contribution >= 4 is 17.3 Å². The molecule has 1 aromatic carbocycles. The van der Waals surface area contributed by atoms with Crippen molar-refractivity contribution in [2.24, 2.45) is 23.5 Å². The van der Waals surface area contributed by atoms with Crippen molar-refractivity contribution in [1.29, 1.82) is 0 Å². The molecule has 0 spiro atoms. The van der Waals surface area contributed by atoms with Crippen LogP contribution in [0, 0.1) is 33.7 Å². The highest BCUT2D eigenvalue weighted by molar-refractivity contribution is 5.95. The van der Waals surface area contributed by atoms with Gasteiger partial charge in [0.05, 0.1) is 10.8 Å². The van der Waals surface area contributed by atoms with E-state index >= 15 is 0 Å². The van der Waals surface area contributed by atoms with E-state index in [0.29, 0.717) is 5.92 Å². The van der Waals surface area contributed by atoms with E-state index in [0.717, 1.165) is 37.5 Å². The Labute approximate surface area is 120 Å². The van der Waals surface area contributed by atoms with Crippen molar-refractivity contribution in [3.8, 4) is 0 Å². The van der Waals surface area contributed by atoms with Crippen molar-refractivity contribution in [2.45, 2.75) is 25.3 Å². The Morgan fingerprint density at radius 2 is 2.10 bits per heavy atom. The minimum absolute atomic E-state index is 0.111. The maximum Gasteiger partial charge on any atom is 0.292 e. The summed E-state index contributed by atoms with van der Waals surface area (Å²) in [6.45, 7) is 0. The fraction of sp³-hybridized carbons (Fsp3) is 0.500. The van der Waals surface area contributed by atoms with E-state index in [9.17, 15) is 19.3 Å². The number of nitrogens with zero attached hydrogens (tertiary/aromatic N) is 1. The molecule has 2 aliphatic rings. The van der Waals surface area contributed by atoms with Gasteiger partial charge in [-0.25, -0.2) is 4.39 Å². The summed E-state index contributed by atoms with van der Waals surface area (Å²) in [7, 11) is 0. The van der Waals surface area contributed by atoms with E-state index in [2.05, 4.69) is 5.32 Å². The Balaban J connectivity index is 1.82. The largest absolute Gasteiger partial charge is 0.327 e. The van der Waals surface area contributed by atoms with Crippen LogP contribution in [0.5, 0.6) is 0 Å². The number of nitrogens with one attached hydrogen (secondary N) is 1. The monoisotopic (exact) mass is 293 g/mol. The summed E-state index contributed by atoms with van der Waals surface area (Å²) in [6, 6.07) is 2.80. The van der Waals surface area contributed by atoms with Gasteiger partial charge in [0.15, 0.2) is 0 Å². The average molecular weight is 293 g/mol. The molecule has 0 saturated heterocycles. The molecule has 0 radical (unpaired) electrons. The number of carbonyl (C=O) groups is 1. The number of amides is 1. The number of fused-ring (bicyclic) bond motifs is 2. The Morgan fingerprint density at radius 1 is 1.38 bits per heavy atom. The molecule has 2 aliphatic carbocycles. The van der Waals surface area contributed by atoms with E-state index < -0.39 is 10.7 Å². The number of hydrogen-bond donors (Lipinski definition) is 2. The number of rotatable bonds is 3. The van der Waals surface area contributed by atoms with Crippen molar-refractivity contribution in [3.05, 3.63) is 34.1 Å². The van der Waals surface area contributed by atoms with Gasteiger partial charge in [-0.3, -0.25) is 14.9 Å². The first-order chi connectivity index (χ1) is 9.97. The molecule has 1 amide bonds. The summed E-state index contributed by atoms with van der Waals surface area (Å²) in [6.07, 6.45) is 2.93. The Morgan fingerprint density at radius 3 is 2.71 bits per heavy atom. The number of halogens is 1. The van der Waals surface area contributed by atoms with E-state index in [1.807, 2.05) is 0 Å². The molecule has 6 nitrogen and oxygen atoms in total. The number of nitro groups is 1. The van der Waals surface area contributed by atoms with E-state index in [-0.39, 0.29) is 35.2 Å². The van der Waals surface area contributed by atoms with Gasteiger partial charge < -0.3 is 11.1 Å². The zero-order chi connectivity index (χ0) is 15.1. The fourth-order valence-electron chi connectivity index (χ4n) is 3.71. The number of benzene rings is 1. The van der Waals surface area contributed by atoms with Crippen LogP contribution in [-0.2, 0) is 4.79 Å². The van der Waals surface area contributed by atoms with Crippen molar-refractivity contribution < 1.29 is 14.1 Å². The molecule has 4 atom stereocenters. The average Bonchev–Trinajstić information content (AvgIpc) is 2.98. The van der Waals surface area contributed by atoms with Gasteiger partial charge in [0.1, 0.15) is 11.5 Å². The topological polar surface area (TPSA) is 98.3 Å². The lowest BCUT2D eigenvalue weighted by molar-refractivity contribution is -0.384. The summed E-state index contributed by atoms with van der Waals surface area (Å²) >= 11 is 0. The standard InChI is InChI=1S/C14H16FN3O3/c15-9-3-4-11(18(20)21)10(6-9)17-14(19)12-7-1-2-8(5-7)13(12)16/h3-4,6-8,12-13H,1-2,5,16H2,(H,17,19). The molecule has 0 aliphatic heterocycles. The molecule has 7 heteroatoms. The van der Waals surface area contributed by atoms with Crippen molar-refractivity contribution in [2.75, 3.05) is 5.32 Å². The normalized spacial score (nSPS) is 30.4. The molecular formula is C14H16FN3O3. The highest BCUT2D eigenvalue weighted by Crippen LogP contribution is 2.48. The van der Waals surface area contributed by atoms with Crippen molar-refractivity contribution in [3.63, 3.8) is 0 Å². The Hall–Kier alpha value is -2.02. The molecule has 0 aromatic heterocycles. The fourth-order valence-corrected chi connectivity index (χ4v) is 3.71. The lowest BCUT2D eigenvalue weighted by atomic mass is 9.84. The van der Waals surface area contributed by atoms with E-state index in [1.165, 1.54) is 0 Å². The van der Waals surface area contributed by atoms with Crippen LogP contribution < -0.4 is 11.1 Å². The highest BCUT2D eigenvalue weighted by atomic mass is 19.1. The SMILES string of the molecule is NC1C2CCC(C2)C1C(=O)Nc1cc(F)ccc1[N+](=O)[O-]. The molecule has 4 unspecified atom stereocenters.